The number of aromatic nitrogens is 1. The lowest BCUT2D eigenvalue weighted by Gasteiger charge is -2.17. The molecule has 0 amide bonds. The smallest absolute Gasteiger partial charge is 0.136 e. The molecule has 11 rings (SSSR count). The maximum absolute atomic E-state index is 6.78. The molecule has 0 saturated carbocycles. The van der Waals surface area contributed by atoms with Gasteiger partial charge in [-0.25, -0.2) is 0 Å². The Hall–Kier alpha value is -6.58. The highest BCUT2D eigenvalue weighted by atomic mass is 16.3. The predicted octanol–water partition coefficient (Wildman–Crippen LogP) is 13.1. The van der Waals surface area contributed by atoms with E-state index in [2.05, 4.69) is 156 Å². The highest BCUT2D eigenvalue weighted by molar-refractivity contribution is 6.26. The summed E-state index contributed by atoms with van der Waals surface area (Å²) < 4.78 is 15.4. The van der Waals surface area contributed by atoms with Gasteiger partial charge in [0.15, 0.2) is 0 Å². The fourth-order valence-corrected chi connectivity index (χ4v) is 8.15. The van der Waals surface area contributed by atoms with Gasteiger partial charge in [0.2, 0.25) is 0 Å². The zero-order valence-electron chi connectivity index (χ0n) is 26.4. The summed E-state index contributed by atoms with van der Waals surface area (Å²) in [6.07, 6.45) is 0. The molecule has 0 atom stereocenters. The second-order valence-electron chi connectivity index (χ2n) is 12.8. The molecule has 3 nitrogen and oxygen atoms in total. The molecule has 0 fully saturated rings. The van der Waals surface area contributed by atoms with Crippen molar-refractivity contribution in [3.63, 3.8) is 0 Å². The molecule has 0 bridgehead atoms. The molecule has 8 aromatic carbocycles. The second-order valence-corrected chi connectivity index (χ2v) is 12.8. The van der Waals surface area contributed by atoms with Crippen LogP contribution in [-0.4, -0.2) is 4.57 Å². The number of nitrogens with zero attached hydrogens (tertiary/aromatic N) is 1. The number of rotatable bonds is 3. The van der Waals surface area contributed by atoms with E-state index in [0.717, 1.165) is 60.7 Å². The molecule has 3 heterocycles. The third-order valence-electron chi connectivity index (χ3n) is 10.2. The van der Waals surface area contributed by atoms with Gasteiger partial charge in [-0.15, -0.1) is 0 Å². The van der Waals surface area contributed by atoms with Gasteiger partial charge in [0.1, 0.15) is 22.5 Å². The minimum Gasteiger partial charge on any atom is -0.456 e. The van der Waals surface area contributed by atoms with Gasteiger partial charge in [-0.1, -0.05) is 115 Å². The van der Waals surface area contributed by atoms with Crippen molar-refractivity contribution in [2.24, 2.45) is 0 Å². The summed E-state index contributed by atoms with van der Waals surface area (Å²) in [5.41, 5.74) is 9.71. The number of benzene rings is 8. The standard InChI is InChI=1S/C46H27NO2/c1-2-13-29(14-3-1)47-38-22-10-8-20-35(38)45-36(21-12-23-39(45)47)44-31-16-4-6-18-33(31)46(34-19-7-5-17-32(34)44)43-26-28-25-42-37(27-41(28)49-43)30-15-9-11-24-40(30)48-42/h1-27H. The Labute approximate surface area is 280 Å². The number of para-hydroxylation sites is 3. The summed E-state index contributed by atoms with van der Waals surface area (Å²) in [6.45, 7) is 0. The topological polar surface area (TPSA) is 31.2 Å². The van der Waals surface area contributed by atoms with Crippen LogP contribution in [0.4, 0.5) is 0 Å². The van der Waals surface area contributed by atoms with E-state index in [1.54, 1.807) is 0 Å². The van der Waals surface area contributed by atoms with Crippen LogP contribution >= 0.6 is 0 Å². The van der Waals surface area contributed by atoms with Gasteiger partial charge in [0.25, 0.3) is 0 Å². The van der Waals surface area contributed by atoms with Gasteiger partial charge in [-0.05, 0) is 81.2 Å². The van der Waals surface area contributed by atoms with Crippen molar-refractivity contribution in [3.8, 4) is 28.1 Å². The SMILES string of the molecule is c1ccc(-n2c3ccccc3c3c(-c4c5ccccc5c(-c5cc6cc7oc8ccccc8c7cc6o5)c5ccccc45)cccc32)cc1. The van der Waals surface area contributed by atoms with Crippen LogP contribution in [0.2, 0.25) is 0 Å². The zero-order valence-corrected chi connectivity index (χ0v) is 26.4. The molecule has 0 aliphatic carbocycles. The van der Waals surface area contributed by atoms with Crippen LogP contribution < -0.4 is 0 Å². The average Bonchev–Trinajstić information content (AvgIpc) is 3.84. The lowest BCUT2D eigenvalue weighted by molar-refractivity contribution is 0.633. The van der Waals surface area contributed by atoms with Crippen LogP contribution in [0.5, 0.6) is 0 Å². The van der Waals surface area contributed by atoms with Crippen molar-refractivity contribution in [2.45, 2.75) is 0 Å². The molecule has 0 radical (unpaired) electrons. The fourth-order valence-electron chi connectivity index (χ4n) is 8.15. The molecule has 3 aromatic heterocycles. The van der Waals surface area contributed by atoms with E-state index in [1.165, 1.54) is 43.7 Å². The van der Waals surface area contributed by atoms with Crippen molar-refractivity contribution in [1.82, 2.24) is 4.57 Å². The van der Waals surface area contributed by atoms with Gasteiger partial charge in [0, 0.05) is 38.2 Å². The number of hydrogen-bond donors (Lipinski definition) is 0. The van der Waals surface area contributed by atoms with Crippen LogP contribution in [0.15, 0.2) is 173 Å². The molecule has 49 heavy (non-hydrogen) atoms. The van der Waals surface area contributed by atoms with Crippen LogP contribution in [0.3, 0.4) is 0 Å². The molecule has 11 aromatic rings. The molecule has 0 saturated heterocycles. The van der Waals surface area contributed by atoms with E-state index in [1.807, 2.05) is 12.1 Å². The highest BCUT2D eigenvalue weighted by Crippen LogP contribution is 2.48. The summed E-state index contributed by atoms with van der Waals surface area (Å²) in [5.74, 6) is 0.852. The Kier molecular flexibility index (Phi) is 5.38. The lowest BCUT2D eigenvalue weighted by Crippen LogP contribution is -1.93. The Balaban J connectivity index is 1.23. The van der Waals surface area contributed by atoms with E-state index in [-0.39, 0.29) is 0 Å². The minimum atomic E-state index is 0.852. The molecule has 0 aliphatic heterocycles. The van der Waals surface area contributed by atoms with E-state index >= 15 is 0 Å². The van der Waals surface area contributed by atoms with Crippen molar-refractivity contribution >= 4 is 76.3 Å². The summed E-state index contributed by atoms with van der Waals surface area (Å²) >= 11 is 0. The molecule has 0 spiro atoms. The van der Waals surface area contributed by atoms with Crippen molar-refractivity contribution in [2.75, 3.05) is 0 Å². The van der Waals surface area contributed by atoms with E-state index < -0.39 is 0 Å². The molecule has 228 valence electrons. The summed E-state index contributed by atoms with van der Waals surface area (Å²) in [6, 6.07) is 58.3. The first-order chi connectivity index (χ1) is 24.3. The van der Waals surface area contributed by atoms with E-state index in [4.69, 9.17) is 8.83 Å². The van der Waals surface area contributed by atoms with Gasteiger partial charge in [0.05, 0.1) is 11.0 Å². The van der Waals surface area contributed by atoms with Crippen molar-refractivity contribution in [1.29, 1.82) is 0 Å². The Bertz CT molecular complexity index is 3050. The second kappa shape index (κ2) is 9.96. The number of hydrogen-bond acceptors (Lipinski definition) is 2. The van der Waals surface area contributed by atoms with Gasteiger partial charge in [-0.3, -0.25) is 0 Å². The Morgan fingerprint density at radius 1 is 0.367 bits per heavy atom. The monoisotopic (exact) mass is 625 g/mol. The van der Waals surface area contributed by atoms with Crippen molar-refractivity contribution < 1.29 is 8.83 Å². The first-order valence-corrected chi connectivity index (χ1v) is 16.7. The maximum atomic E-state index is 6.78. The van der Waals surface area contributed by atoms with Gasteiger partial charge < -0.3 is 13.4 Å². The summed E-state index contributed by atoms with van der Waals surface area (Å²) in [7, 11) is 0. The molecule has 0 aliphatic rings. The third-order valence-corrected chi connectivity index (χ3v) is 10.2. The number of fused-ring (bicyclic) bond motifs is 9. The molecular weight excluding hydrogens is 599 g/mol. The van der Waals surface area contributed by atoms with Crippen LogP contribution in [-0.2, 0) is 0 Å². The Morgan fingerprint density at radius 2 is 0.980 bits per heavy atom. The summed E-state index contributed by atoms with van der Waals surface area (Å²) in [5, 5.41) is 10.4. The summed E-state index contributed by atoms with van der Waals surface area (Å²) in [4.78, 5) is 0. The largest absolute Gasteiger partial charge is 0.456 e. The predicted molar refractivity (Wildman–Crippen MR) is 204 cm³/mol. The van der Waals surface area contributed by atoms with Gasteiger partial charge >= 0.3 is 0 Å². The fraction of sp³-hybridized carbons (Fsp3) is 0. The first-order valence-electron chi connectivity index (χ1n) is 16.7. The molecule has 3 heteroatoms. The van der Waals surface area contributed by atoms with Crippen LogP contribution in [0, 0.1) is 0 Å². The molecular formula is C46H27NO2. The van der Waals surface area contributed by atoms with E-state index in [0.29, 0.717) is 0 Å². The number of furan rings is 2. The maximum Gasteiger partial charge on any atom is 0.136 e. The zero-order chi connectivity index (χ0) is 32.1. The lowest BCUT2D eigenvalue weighted by atomic mass is 9.86. The van der Waals surface area contributed by atoms with Crippen molar-refractivity contribution in [3.05, 3.63) is 164 Å². The molecule has 0 N–H and O–H groups in total. The van der Waals surface area contributed by atoms with Crippen LogP contribution in [0.1, 0.15) is 0 Å². The average molecular weight is 626 g/mol. The Morgan fingerprint density at radius 3 is 1.73 bits per heavy atom. The third kappa shape index (κ3) is 3.73. The normalized spacial score (nSPS) is 12.1. The van der Waals surface area contributed by atoms with Gasteiger partial charge in [-0.2, -0.15) is 0 Å². The van der Waals surface area contributed by atoms with Crippen LogP contribution in [0.25, 0.3) is 104 Å². The first kappa shape index (κ1) is 26.5. The minimum absolute atomic E-state index is 0.852. The molecule has 0 unspecified atom stereocenters. The highest BCUT2D eigenvalue weighted by Gasteiger charge is 2.23. The van der Waals surface area contributed by atoms with E-state index in [9.17, 15) is 0 Å². The quantitative estimate of drug-likeness (QED) is 0.183.